The third-order valence-electron chi connectivity index (χ3n) is 7.24. The number of imidazole rings is 1. The second kappa shape index (κ2) is 9.87. The van der Waals surface area contributed by atoms with Crippen molar-refractivity contribution >= 4 is 17.5 Å². The Bertz CT molecular complexity index is 1320. The highest BCUT2D eigenvalue weighted by atomic mass is 19.4. The van der Waals surface area contributed by atoms with Crippen LogP contribution in [0.4, 0.5) is 30.6 Å². The van der Waals surface area contributed by atoms with Crippen molar-refractivity contribution in [2.75, 3.05) is 42.6 Å². The lowest BCUT2D eigenvalue weighted by atomic mass is 10.0. The lowest BCUT2D eigenvalue weighted by Gasteiger charge is -2.24. The molecule has 2 saturated heterocycles. The van der Waals surface area contributed by atoms with Gasteiger partial charge in [-0.25, -0.2) is 9.97 Å². The van der Waals surface area contributed by atoms with Gasteiger partial charge in [-0.1, -0.05) is 0 Å². The van der Waals surface area contributed by atoms with E-state index in [0.717, 1.165) is 37.4 Å². The molecule has 3 aromatic rings. The van der Waals surface area contributed by atoms with Gasteiger partial charge in [0.2, 0.25) is 5.95 Å². The second-order valence-corrected chi connectivity index (χ2v) is 9.94. The van der Waals surface area contributed by atoms with Crippen LogP contribution in [0.15, 0.2) is 42.9 Å². The Morgan fingerprint density at radius 1 is 1.05 bits per heavy atom. The van der Waals surface area contributed by atoms with E-state index in [2.05, 4.69) is 34.8 Å². The first-order valence-electron chi connectivity index (χ1n) is 12.4. The summed E-state index contributed by atoms with van der Waals surface area (Å²) in [4.78, 5) is 27.7. The number of rotatable bonds is 7. The van der Waals surface area contributed by atoms with Gasteiger partial charge in [-0.05, 0) is 29.2 Å². The maximum atomic E-state index is 12.4. The summed E-state index contributed by atoms with van der Waals surface area (Å²) in [6, 6.07) is 6.21. The summed E-state index contributed by atoms with van der Waals surface area (Å²) >= 11 is 0. The molecule has 0 bridgehead atoms. The summed E-state index contributed by atoms with van der Waals surface area (Å²) in [6.45, 7) is 4.63. The van der Waals surface area contributed by atoms with Crippen molar-refractivity contribution < 1.29 is 27.6 Å². The molecule has 15 heteroatoms. The van der Waals surface area contributed by atoms with E-state index in [1.807, 2.05) is 0 Å². The van der Waals surface area contributed by atoms with Gasteiger partial charge in [-0.3, -0.25) is 4.57 Å². The number of fused-ring (bicyclic) bond motifs is 2. The number of ether oxygens (including phenoxy) is 2. The van der Waals surface area contributed by atoms with E-state index in [1.54, 1.807) is 29.1 Å². The lowest BCUT2D eigenvalue weighted by molar-refractivity contribution is -0.389. The monoisotopic (exact) mass is 546 g/mol. The number of nitro groups is 1. The molecule has 2 aromatic heterocycles. The molecule has 6 rings (SSSR count). The fourth-order valence-corrected chi connectivity index (χ4v) is 5.40. The summed E-state index contributed by atoms with van der Waals surface area (Å²) in [7, 11) is 0. The van der Waals surface area contributed by atoms with Crippen LogP contribution in [0, 0.1) is 22.0 Å². The molecule has 0 spiro atoms. The molecule has 0 amide bonds. The van der Waals surface area contributed by atoms with Gasteiger partial charge in [0.05, 0.1) is 6.04 Å². The Hall–Kier alpha value is -4.14. The first kappa shape index (κ1) is 25.2. The molecule has 12 nitrogen and oxygen atoms in total. The van der Waals surface area contributed by atoms with Crippen molar-refractivity contribution in [1.82, 2.24) is 24.8 Å². The Labute approximate surface area is 220 Å². The van der Waals surface area contributed by atoms with Crippen LogP contribution < -0.4 is 24.6 Å². The van der Waals surface area contributed by atoms with Crippen LogP contribution in [0.1, 0.15) is 5.56 Å². The average Bonchev–Trinajstić information content (AvgIpc) is 3.60. The first-order valence-corrected chi connectivity index (χ1v) is 12.4. The number of halogens is 3. The summed E-state index contributed by atoms with van der Waals surface area (Å²) in [6.07, 6.45) is 0.249. The highest BCUT2D eigenvalue weighted by Crippen LogP contribution is 2.36. The molecule has 2 unspecified atom stereocenters. The first-order chi connectivity index (χ1) is 18.7. The summed E-state index contributed by atoms with van der Waals surface area (Å²) in [5, 5.41) is 14.3. The minimum atomic E-state index is -4.70. The molecule has 3 atom stereocenters. The predicted molar refractivity (Wildman–Crippen MR) is 132 cm³/mol. The molecule has 0 radical (unpaired) electrons. The Morgan fingerprint density at radius 2 is 1.72 bits per heavy atom. The van der Waals surface area contributed by atoms with E-state index in [9.17, 15) is 23.3 Å². The molecule has 1 N–H and O–H groups in total. The molecular formula is C24H25F3N8O4. The number of hydrogen-bond acceptors (Lipinski definition) is 10. The van der Waals surface area contributed by atoms with Crippen LogP contribution in [-0.4, -0.2) is 69.6 Å². The Morgan fingerprint density at radius 3 is 2.36 bits per heavy atom. The Balaban J connectivity index is 0.983. The second-order valence-electron chi connectivity index (χ2n) is 9.94. The van der Waals surface area contributed by atoms with E-state index in [1.165, 1.54) is 18.3 Å². The van der Waals surface area contributed by atoms with E-state index in [4.69, 9.17) is 4.74 Å². The molecule has 39 heavy (non-hydrogen) atoms. The third kappa shape index (κ3) is 5.53. The summed E-state index contributed by atoms with van der Waals surface area (Å²) < 4.78 is 48.3. The smallest absolute Gasteiger partial charge is 0.444 e. The largest absolute Gasteiger partial charge is 0.573 e. The number of nitrogens with zero attached hydrogens (tertiary/aromatic N) is 7. The van der Waals surface area contributed by atoms with E-state index in [-0.39, 0.29) is 23.6 Å². The molecule has 3 aliphatic rings. The average molecular weight is 547 g/mol. The molecule has 0 saturated carbocycles. The fourth-order valence-electron chi connectivity index (χ4n) is 5.40. The predicted octanol–water partition coefficient (Wildman–Crippen LogP) is 2.60. The summed E-state index contributed by atoms with van der Waals surface area (Å²) in [5.74, 6) is 1.04. The van der Waals surface area contributed by atoms with Crippen molar-refractivity contribution in [2.24, 2.45) is 11.8 Å². The zero-order valence-electron chi connectivity index (χ0n) is 20.6. The standard InChI is InChI=1S/C24H25F3N8O4/c25-24(26,27)39-20-3-1-19(2-4-20)32-8-16-10-33(11-17(16)9-32)22-29-6-15(7-30-22)5-28-18-12-34-13-21(35(36)37)31-23(34)38-14-18/h1-4,6-7,13,16-18,28H,5,8-12,14H2/t16?,17?,18-/m0/s1. The minimum Gasteiger partial charge on any atom is -0.444 e. The zero-order valence-corrected chi connectivity index (χ0v) is 20.6. The maximum Gasteiger partial charge on any atom is 0.573 e. The normalized spacial score (nSPS) is 22.4. The molecule has 2 fully saturated rings. The SMILES string of the molecule is O=[N+]([O-])c1cn2c(n1)OC[C@@H](NCc1cnc(N3CC4CN(c5ccc(OC(F)(F)F)cc5)CC4C3)nc1)C2. The van der Waals surface area contributed by atoms with E-state index >= 15 is 0 Å². The minimum absolute atomic E-state index is 0.0414. The van der Waals surface area contributed by atoms with E-state index in [0.29, 0.717) is 37.5 Å². The van der Waals surface area contributed by atoms with Gasteiger partial charge in [0.1, 0.15) is 18.6 Å². The van der Waals surface area contributed by atoms with Crippen molar-refractivity contribution in [3.05, 3.63) is 58.5 Å². The molecule has 206 valence electrons. The quantitative estimate of drug-likeness (QED) is 0.349. The van der Waals surface area contributed by atoms with Crippen molar-refractivity contribution in [1.29, 1.82) is 0 Å². The van der Waals surface area contributed by atoms with E-state index < -0.39 is 11.3 Å². The number of nitrogens with one attached hydrogen (secondary N) is 1. The topological polar surface area (TPSA) is 124 Å². The van der Waals surface area contributed by atoms with Crippen LogP contribution in [0.25, 0.3) is 0 Å². The number of aromatic nitrogens is 4. The van der Waals surface area contributed by atoms with Gasteiger partial charge in [0, 0.05) is 79.7 Å². The van der Waals surface area contributed by atoms with Gasteiger partial charge < -0.3 is 34.7 Å². The van der Waals surface area contributed by atoms with Gasteiger partial charge in [0.15, 0.2) is 0 Å². The molecule has 0 aliphatic carbocycles. The molecule has 1 aromatic carbocycles. The number of alkyl halides is 3. The molecule has 3 aliphatic heterocycles. The lowest BCUT2D eigenvalue weighted by Crippen LogP contribution is -2.41. The van der Waals surface area contributed by atoms with Gasteiger partial charge in [0.25, 0.3) is 0 Å². The van der Waals surface area contributed by atoms with Gasteiger partial charge in [-0.2, -0.15) is 0 Å². The highest BCUT2D eigenvalue weighted by Gasteiger charge is 2.41. The van der Waals surface area contributed by atoms with Crippen LogP contribution in [0.3, 0.4) is 0 Å². The highest BCUT2D eigenvalue weighted by molar-refractivity contribution is 5.51. The van der Waals surface area contributed by atoms with Crippen LogP contribution in [0.5, 0.6) is 11.8 Å². The van der Waals surface area contributed by atoms with Crippen molar-refractivity contribution in [2.45, 2.75) is 25.5 Å². The molecule has 5 heterocycles. The Kier molecular flexibility index (Phi) is 6.37. The third-order valence-corrected chi connectivity index (χ3v) is 7.24. The van der Waals surface area contributed by atoms with Crippen LogP contribution in [0.2, 0.25) is 0 Å². The van der Waals surface area contributed by atoms with Gasteiger partial charge in [-0.15, -0.1) is 13.2 Å². The zero-order chi connectivity index (χ0) is 27.1. The summed E-state index contributed by atoms with van der Waals surface area (Å²) in [5.41, 5.74) is 1.79. The number of hydrogen-bond donors (Lipinski definition) is 1. The van der Waals surface area contributed by atoms with Crippen molar-refractivity contribution in [3.8, 4) is 11.8 Å². The number of benzene rings is 1. The maximum absolute atomic E-state index is 12.4. The fraction of sp³-hybridized carbons (Fsp3) is 0.458. The van der Waals surface area contributed by atoms with Gasteiger partial charge >= 0.3 is 18.2 Å². The van der Waals surface area contributed by atoms with Crippen LogP contribution >= 0.6 is 0 Å². The molecular weight excluding hydrogens is 521 g/mol. The number of anilines is 2. The van der Waals surface area contributed by atoms with Crippen LogP contribution in [-0.2, 0) is 13.1 Å². The van der Waals surface area contributed by atoms with Crippen molar-refractivity contribution in [3.63, 3.8) is 0 Å².